The predicted octanol–water partition coefficient (Wildman–Crippen LogP) is 5.39. The van der Waals surface area contributed by atoms with Crippen LogP contribution in [0, 0.1) is 0 Å². The molecule has 1 unspecified atom stereocenters. The summed E-state index contributed by atoms with van der Waals surface area (Å²) in [6.45, 7) is 1.81. The Morgan fingerprint density at radius 2 is 2.00 bits per heavy atom. The number of aliphatic imine (C=N–C) groups is 1. The molecule has 0 amide bonds. The number of carbonyl (C=O) groups is 1. The van der Waals surface area contributed by atoms with E-state index in [1.165, 1.54) is 24.7 Å². The van der Waals surface area contributed by atoms with E-state index in [1.54, 1.807) is 0 Å². The van der Waals surface area contributed by atoms with Gasteiger partial charge in [0.05, 0.1) is 22.0 Å². The molecule has 0 bridgehead atoms. The van der Waals surface area contributed by atoms with Crippen LogP contribution in [0.3, 0.4) is 0 Å². The molecule has 2 heterocycles. The van der Waals surface area contributed by atoms with Gasteiger partial charge in [-0.3, -0.25) is 4.99 Å². The Kier molecular flexibility index (Phi) is 6.53. The Morgan fingerprint density at radius 3 is 2.78 bits per heavy atom. The average Bonchev–Trinajstić information content (AvgIpc) is 3.30. The first-order valence-corrected chi connectivity index (χ1v) is 12.3. The maximum atomic E-state index is 11.4. The number of aliphatic hydroxyl groups is 1. The molecule has 3 aromatic carbocycles. The molecule has 4 aromatic rings. The van der Waals surface area contributed by atoms with Crippen molar-refractivity contribution in [2.45, 2.75) is 12.5 Å². The molecule has 5 rings (SSSR count). The van der Waals surface area contributed by atoms with E-state index in [-0.39, 0.29) is 0 Å². The quantitative estimate of drug-likeness (QED) is 0.278. The lowest BCUT2D eigenvalue weighted by Gasteiger charge is -2.19. The second-order valence-corrected chi connectivity index (χ2v) is 9.62. The molecule has 8 nitrogen and oxygen atoms in total. The fourth-order valence-corrected chi connectivity index (χ4v) is 4.76. The van der Waals surface area contributed by atoms with Gasteiger partial charge in [-0.1, -0.05) is 35.9 Å². The van der Waals surface area contributed by atoms with E-state index in [9.17, 15) is 15.0 Å². The van der Waals surface area contributed by atoms with Crippen LogP contribution in [-0.2, 0) is 4.79 Å². The monoisotopic (exact) mass is 523 g/mol. The highest BCUT2D eigenvalue weighted by atomic mass is 35.5. The highest BCUT2D eigenvalue weighted by Crippen LogP contribution is 2.40. The fraction of sp³-hybridized carbons (Fsp3) is 0.192. The van der Waals surface area contributed by atoms with Gasteiger partial charge < -0.3 is 25.0 Å². The number of rotatable bonds is 7. The van der Waals surface area contributed by atoms with Crippen LogP contribution < -0.4 is 14.8 Å². The molecule has 1 aliphatic heterocycles. The topological polar surface area (TPSA) is 113 Å². The van der Waals surface area contributed by atoms with Gasteiger partial charge in [0.1, 0.15) is 13.2 Å². The number of fused-ring (bicyclic) bond motifs is 2. The van der Waals surface area contributed by atoms with Crippen LogP contribution in [-0.4, -0.2) is 52.1 Å². The SMILES string of the molecule is CC(CO)(N=Cc1ccc2c(Nc3cccc(-c4ccc5c(c4)OCCO5)c3Cl)nsc2c1)C(=O)O. The van der Waals surface area contributed by atoms with E-state index in [0.29, 0.717) is 41.1 Å². The molecule has 0 radical (unpaired) electrons. The molecule has 0 spiro atoms. The summed E-state index contributed by atoms with van der Waals surface area (Å²) in [4.78, 5) is 15.4. The third-order valence-electron chi connectivity index (χ3n) is 5.87. The molecule has 1 atom stereocenters. The Balaban J connectivity index is 1.41. The number of hydrogen-bond acceptors (Lipinski definition) is 8. The van der Waals surface area contributed by atoms with E-state index < -0.39 is 18.1 Å². The number of aliphatic carboxylic acids is 1. The third-order valence-corrected chi connectivity index (χ3v) is 7.08. The minimum atomic E-state index is -1.59. The Bertz CT molecular complexity index is 1490. The zero-order valence-corrected chi connectivity index (χ0v) is 20.8. The van der Waals surface area contributed by atoms with Crippen LogP contribution in [0.1, 0.15) is 12.5 Å². The van der Waals surface area contributed by atoms with Gasteiger partial charge in [0.2, 0.25) is 0 Å². The van der Waals surface area contributed by atoms with Crippen LogP contribution in [0.15, 0.2) is 59.6 Å². The van der Waals surface area contributed by atoms with Crippen molar-refractivity contribution in [2.75, 3.05) is 25.1 Å². The van der Waals surface area contributed by atoms with Crippen molar-refractivity contribution in [2.24, 2.45) is 4.99 Å². The van der Waals surface area contributed by atoms with Crippen molar-refractivity contribution >= 4 is 56.9 Å². The first-order valence-electron chi connectivity index (χ1n) is 11.1. The van der Waals surface area contributed by atoms with E-state index in [0.717, 1.165) is 27.0 Å². The summed E-state index contributed by atoms with van der Waals surface area (Å²) < 4.78 is 16.8. The minimum absolute atomic E-state index is 0.510. The van der Waals surface area contributed by atoms with Crippen LogP contribution in [0.25, 0.3) is 21.2 Å². The van der Waals surface area contributed by atoms with Gasteiger partial charge in [-0.05, 0) is 59.9 Å². The lowest BCUT2D eigenvalue weighted by molar-refractivity contribution is -0.143. The van der Waals surface area contributed by atoms with Gasteiger partial charge >= 0.3 is 5.97 Å². The van der Waals surface area contributed by atoms with Crippen molar-refractivity contribution in [3.63, 3.8) is 0 Å². The number of hydrogen-bond donors (Lipinski definition) is 3. The van der Waals surface area contributed by atoms with Crippen molar-refractivity contribution < 1.29 is 24.5 Å². The Morgan fingerprint density at radius 1 is 1.19 bits per heavy atom. The fourth-order valence-electron chi connectivity index (χ4n) is 3.70. The molecule has 3 N–H and O–H groups in total. The van der Waals surface area contributed by atoms with E-state index in [1.807, 2.05) is 54.6 Å². The first-order chi connectivity index (χ1) is 17.4. The van der Waals surface area contributed by atoms with Gasteiger partial charge in [-0.15, -0.1) is 0 Å². The number of halogens is 1. The van der Waals surface area contributed by atoms with Gasteiger partial charge in [0.15, 0.2) is 22.9 Å². The van der Waals surface area contributed by atoms with Crippen LogP contribution in [0.2, 0.25) is 5.02 Å². The van der Waals surface area contributed by atoms with Crippen molar-refractivity contribution in [3.05, 3.63) is 65.2 Å². The number of anilines is 2. The number of aliphatic hydroxyl groups excluding tert-OH is 1. The number of benzene rings is 3. The molecule has 0 fully saturated rings. The summed E-state index contributed by atoms with van der Waals surface area (Å²) in [6.07, 6.45) is 1.45. The molecule has 1 aliphatic rings. The highest BCUT2D eigenvalue weighted by Gasteiger charge is 2.31. The lowest BCUT2D eigenvalue weighted by atomic mass is 10.0. The van der Waals surface area contributed by atoms with E-state index in [4.69, 9.17) is 21.1 Å². The molecule has 0 saturated heterocycles. The molecule has 10 heteroatoms. The van der Waals surface area contributed by atoms with Gasteiger partial charge in [-0.2, -0.15) is 4.37 Å². The highest BCUT2D eigenvalue weighted by molar-refractivity contribution is 7.13. The third kappa shape index (κ3) is 4.60. The molecule has 1 aromatic heterocycles. The van der Waals surface area contributed by atoms with Crippen molar-refractivity contribution in [1.29, 1.82) is 0 Å². The van der Waals surface area contributed by atoms with E-state index in [2.05, 4.69) is 14.7 Å². The zero-order chi connectivity index (χ0) is 25.3. The molecular formula is C26H22ClN3O5S. The molecule has 36 heavy (non-hydrogen) atoms. The smallest absolute Gasteiger partial charge is 0.333 e. The number of carboxylic acids is 1. The van der Waals surface area contributed by atoms with Gasteiger partial charge in [-0.25, -0.2) is 4.79 Å². The second-order valence-electron chi connectivity index (χ2n) is 8.43. The van der Waals surface area contributed by atoms with Crippen LogP contribution >= 0.6 is 23.1 Å². The number of aromatic nitrogens is 1. The Labute approximate surface area is 216 Å². The summed E-state index contributed by atoms with van der Waals surface area (Å²) >= 11 is 8.10. The van der Waals surface area contributed by atoms with Crippen LogP contribution in [0.4, 0.5) is 11.5 Å². The Hall–Kier alpha value is -3.66. The zero-order valence-electron chi connectivity index (χ0n) is 19.2. The first kappa shape index (κ1) is 24.1. The largest absolute Gasteiger partial charge is 0.486 e. The number of ether oxygens (including phenoxy) is 2. The number of nitrogens with zero attached hydrogens (tertiary/aromatic N) is 2. The molecular weight excluding hydrogens is 502 g/mol. The summed E-state index contributed by atoms with van der Waals surface area (Å²) in [6, 6.07) is 17.1. The summed E-state index contributed by atoms with van der Waals surface area (Å²) in [5.74, 6) is 0.880. The molecule has 184 valence electrons. The van der Waals surface area contributed by atoms with Crippen molar-refractivity contribution in [1.82, 2.24) is 4.37 Å². The average molecular weight is 524 g/mol. The second kappa shape index (κ2) is 9.77. The summed E-state index contributed by atoms with van der Waals surface area (Å²) in [5, 5.41) is 23.4. The van der Waals surface area contributed by atoms with Crippen molar-refractivity contribution in [3.8, 4) is 22.6 Å². The molecule has 0 aliphatic carbocycles. The lowest BCUT2D eigenvalue weighted by Crippen LogP contribution is -2.37. The summed E-state index contributed by atoms with van der Waals surface area (Å²) in [7, 11) is 0. The standard InChI is InChI=1S/C26H22ClN3O5S/c1-26(14-31,25(32)33)28-13-15-5-7-18-22(11-15)36-30-24(18)29-19-4-2-3-17(23(19)27)16-6-8-20-21(12-16)35-10-9-34-20/h2-8,11-13,31H,9-10,14H2,1H3,(H,29,30)(H,32,33). The normalized spacial score (nSPS) is 14.6. The maximum absolute atomic E-state index is 11.4. The number of carboxylic acid groups (broad SMARTS) is 1. The van der Waals surface area contributed by atoms with Crippen LogP contribution in [0.5, 0.6) is 11.5 Å². The van der Waals surface area contributed by atoms with E-state index >= 15 is 0 Å². The minimum Gasteiger partial charge on any atom is -0.486 e. The maximum Gasteiger partial charge on any atom is 0.333 e. The van der Waals surface area contributed by atoms with Gasteiger partial charge in [0, 0.05) is 17.2 Å². The number of nitrogens with one attached hydrogen (secondary N) is 1. The predicted molar refractivity (Wildman–Crippen MR) is 142 cm³/mol. The van der Waals surface area contributed by atoms with Gasteiger partial charge in [0.25, 0.3) is 0 Å². The summed E-state index contributed by atoms with van der Waals surface area (Å²) in [5.41, 5.74) is 1.59. The molecule has 0 saturated carbocycles.